The summed E-state index contributed by atoms with van der Waals surface area (Å²) in [6, 6.07) is 0. The van der Waals surface area contributed by atoms with Crippen LogP contribution in [0, 0.1) is 0 Å². The van der Waals surface area contributed by atoms with Gasteiger partial charge < -0.3 is 15.3 Å². The predicted molar refractivity (Wildman–Crippen MR) is 40.7 cm³/mol. The van der Waals surface area contributed by atoms with Crippen LogP contribution in [0.5, 0.6) is 0 Å². The summed E-state index contributed by atoms with van der Waals surface area (Å²) in [5.74, 6) is -0.856. The van der Waals surface area contributed by atoms with Gasteiger partial charge in [-0.1, -0.05) is 0 Å². The molecule has 12 heavy (non-hydrogen) atoms. The molecule has 1 aliphatic heterocycles. The molecular formula is C7H13NO4. The van der Waals surface area contributed by atoms with Crippen LogP contribution in [0.15, 0.2) is 0 Å². The van der Waals surface area contributed by atoms with E-state index < -0.39 is 18.2 Å². The molecule has 1 heterocycles. The molecular weight excluding hydrogens is 162 g/mol. The molecule has 5 nitrogen and oxygen atoms in total. The standard InChI is InChI=1S/C7H13NO4/c9-5-3-8(4-6(5)10)2-1-7(11)12/h5-6,9-10H,1-4H2,(H,11,12). The normalized spacial score (nSPS) is 30.8. The maximum Gasteiger partial charge on any atom is 0.304 e. The largest absolute Gasteiger partial charge is 0.481 e. The highest BCUT2D eigenvalue weighted by Crippen LogP contribution is 2.09. The van der Waals surface area contributed by atoms with Gasteiger partial charge in [0.25, 0.3) is 0 Å². The van der Waals surface area contributed by atoms with Crippen molar-refractivity contribution < 1.29 is 20.1 Å². The molecule has 0 aromatic rings. The SMILES string of the molecule is O=C(O)CCN1CC(O)C(O)C1. The summed E-state index contributed by atoms with van der Waals surface area (Å²) in [4.78, 5) is 11.9. The fourth-order valence-corrected chi connectivity index (χ4v) is 1.28. The van der Waals surface area contributed by atoms with Crippen molar-refractivity contribution in [3.8, 4) is 0 Å². The van der Waals surface area contributed by atoms with Gasteiger partial charge in [-0.2, -0.15) is 0 Å². The van der Waals surface area contributed by atoms with E-state index in [4.69, 9.17) is 15.3 Å². The molecule has 0 aliphatic carbocycles. The van der Waals surface area contributed by atoms with Crippen LogP contribution in [-0.2, 0) is 4.79 Å². The third-order valence-electron chi connectivity index (χ3n) is 1.98. The average molecular weight is 175 g/mol. The highest BCUT2D eigenvalue weighted by molar-refractivity contribution is 5.66. The Kier molecular flexibility index (Phi) is 3.02. The molecule has 2 atom stereocenters. The summed E-state index contributed by atoms with van der Waals surface area (Å²) in [6.45, 7) is 1.13. The fraction of sp³-hybridized carbons (Fsp3) is 0.857. The van der Waals surface area contributed by atoms with E-state index in [0.29, 0.717) is 19.6 Å². The monoisotopic (exact) mass is 175 g/mol. The molecule has 70 valence electrons. The molecule has 3 N–H and O–H groups in total. The molecule has 1 saturated heterocycles. The summed E-state index contributed by atoms with van der Waals surface area (Å²) < 4.78 is 0. The molecule has 0 saturated carbocycles. The Balaban J connectivity index is 2.23. The smallest absolute Gasteiger partial charge is 0.304 e. The lowest BCUT2D eigenvalue weighted by molar-refractivity contribution is -0.137. The first-order valence-corrected chi connectivity index (χ1v) is 3.90. The highest BCUT2D eigenvalue weighted by Gasteiger charge is 2.29. The maximum atomic E-state index is 10.2. The van der Waals surface area contributed by atoms with E-state index in [0.717, 1.165) is 0 Å². The van der Waals surface area contributed by atoms with Gasteiger partial charge >= 0.3 is 5.97 Å². The Morgan fingerprint density at radius 2 is 1.83 bits per heavy atom. The number of carboxylic acid groups (broad SMARTS) is 1. The van der Waals surface area contributed by atoms with Crippen LogP contribution in [-0.4, -0.2) is 58.0 Å². The number of nitrogens with zero attached hydrogens (tertiary/aromatic N) is 1. The average Bonchev–Trinajstić information content (AvgIpc) is 2.28. The van der Waals surface area contributed by atoms with Gasteiger partial charge in [-0.15, -0.1) is 0 Å². The van der Waals surface area contributed by atoms with Crippen LogP contribution >= 0.6 is 0 Å². The van der Waals surface area contributed by atoms with Gasteiger partial charge in [0.15, 0.2) is 0 Å². The number of aliphatic hydroxyl groups excluding tert-OH is 2. The Hall–Kier alpha value is -0.650. The summed E-state index contributed by atoms with van der Waals surface area (Å²) in [6.07, 6.45) is -1.39. The number of aliphatic hydroxyl groups is 2. The van der Waals surface area contributed by atoms with Gasteiger partial charge in [-0.3, -0.25) is 9.69 Å². The molecule has 0 spiro atoms. The molecule has 5 heteroatoms. The van der Waals surface area contributed by atoms with Crippen molar-refractivity contribution in [2.75, 3.05) is 19.6 Å². The topological polar surface area (TPSA) is 81.0 Å². The van der Waals surface area contributed by atoms with Crippen molar-refractivity contribution in [1.82, 2.24) is 4.90 Å². The zero-order chi connectivity index (χ0) is 9.14. The molecule has 2 unspecified atom stereocenters. The highest BCUT2D eigenvalue weighted by atomic mass is 16.4. The van der Waals surface area contributed by atoms with Crippen LogP contribution in [0.1, 0.15) is 6.42 Å². The van der Waals surface area contributed by atoms with E-state index in [2.05, 4.69) is 0 Å². The van der Waals surface area contributed by atoms with Crippen molar-refractivity contribution in [2.24, 2.45) is 0 Å². The van der Waals surface area contributed by atoms with E-state index in [1.54, 1.807) is 4.90 Å². The van der Waals surface area contributed by atoms with Gasteiger partial charge in [-0.05, 0) is 0 Å². The summed E-state index contributed by atoms with van der Waals surface area (Å²) in [5.41, 5.74) is 0. The van der Waals surface area contributed by atoms with Gasteiger partial charge in [0, 0.05) is 19.6 Å². The van der Waals surface area contributed by atoms with Crippen molar-refractivity contribution in [3.05, 3.63) is 0 Å². The Labute approximate surface area is 70.2 Å². The number of carboxylic acids is 1. The third kappa shape index (κ3) is 2.44. The zero-order valence-electron chi connectivity index (χ0n) is 6.68. The third-order valence-corrected chi connectivity index (χ3v) is 1.98. The summed E-state index contributed by atoms with van der Waals surface area (Å²) in [5, 5.41) is 26.5. The number of likely N-dealkylation sites (tertiary alicyclic amines) is 1. The van der Waals surface area contributed by atoms with Crippen molar-refractivity contribution >= 4 is 5.97 Å². The number of hydrogen-bond acceptors (Lipinski definition) is 4. The number of carbonyl (C=O) groups is 1. The van der Waals surface area contributed by atoms with Gasteiger partial charge in [0.1, 0.15) is 0 Å². The maximum absolute atomic E-state index is 10.2. The second-order valence-corrected chi connectivity index (χ2v) is 3.04. The van der Waals surface area contributed by atoms with Crippen LogP contribution in [0.3, 0.4) is 0 Å². The lowest BCUT2D eigenvalue weighted by atomic mass is 10.3. The molecule has 0 amide bonds. The first-order valence-electron chi connectivity index (χ1n) is 3.90. The van der Waals surface area contributed by atoms with Crippen LogP contribution < -0.4 is 0 Å². The molecule has 0 aromatic heterocycles. The van der Waals surface area contributed by atoms with E-state index in [9.17, 15) is 4.79 Å². The van der Waals surface area contributed by atoms with Crippen LogP contribution in [0.4, 0.5) is 0 Å². The number of β-amino-alcohol motifs (C(OH)–C–C–N with tert-alkyl or cyclic N) is 2. The van der Waals surface area contributed by atoms with E-state index in [1.807, 2.05) is 0 Å². The van der Waals surface area contributed by atoms with Crippen LogP contribution in [0.25, 0.3) is 0 Å². The second kappa shape index (κ2) is 3.84. The number of aliphatic carboxylic acids is 1. The predicted octanol–water partition coefficient (Wildman–Crippen LogP) is -1.50. The second-order valence-electron chi connectivity index (χ2n) is 3.04. The number of rotatable bonds is 3. The van der Waals surface area contributed by atoms with Crippen molar-refractivity contribution in [1.29, 1.82) is 0 Å². The fourth-order valence-electron chi connectivity index (χ4n) is 1.28. The Bertz CT molecular complexity index is 163. The quantitative estimate of drug-likeness (QED) is 0.486. The van der Waals surface area contributed by atoms with E-state index >= 15 is 0 Å². The Morgan fingerprint density at radius 1 is 1.33 bits per heavy atom. The van der Waals surface area contributed by atoms with Crippen molar-refractivity contribution in [3.63, 3.8) is 0 Å². The lowest BCUT2D eigenvalue weighted by Gasteiger charge is -2.11. The first-order chi connectivity index (χ1) is 5.59. The summed E-state index contributed by atoms with van der Waals surface area (Å²) in [7, 11) is 0. The molecule has 1 fully saturated rings. The molecule has 0 bridgehead atoms. The van der Waals surface area contributed by atoms with Gasteiger partial charge in [-0.25, -0.2) is 0 Å². The Morgan fingerprint density at radius 3 is 2.25 bits per heavy atom. The molecule has 1 aliphatic rings. The minimum atomic E-state index is -0.856. The molecule has 0 radical (unpaired) electrons. The van der Waals surface area contributed by atoms with Crippen molar-refractivity contribution in [2.45, 2.75) is 18.6 Å². The minimum absolute atomic E-state index is 0.0550. The van der Waals surface area contributed by atoms with Crippen LogP contribution in [0.2, 0.25) is 0 Å². The summed E-state index contributed by atoms with van der Waals surface area (Å²) >= 11 is 0. The molecule has 1 rings (SSSR count). The number of hydrogen-bond donors (Lipinski definition) is 3. The lowest BCUT2D eigenvalue weighted by Crippen LogP contribution is -2.24. The van der Waals surface area contributed by atoms with E-state index in [1.165, 1.54) is 0 Å². The molecule has 0 aromatic carbocycles. The first kappa shape index (κ1) is 9.44. The van der Waals surface area contributed by atoms with Gasteiger partial charge in [0.2, 0.25) is 0 Å². The van der Waals surface area contributed by atoms with Gasteiger partial charge in [0.05, 0.1) is 18.6 Å². The zero-order valence-corrected chi connectivity index (χ0v) is 6.68. The van der Waals surface area contributed by atoms with E-state index in [-0.39, 0.29) is 6.42 Å². The minimum Gasteiger partial charge on any atom is -0.481 e.